The van der Waals surface area contributed by atoms with E-state index in [1.54, 1.807) is 0 Å². The lowest BCUT2D eigenvalue weighted by atomic mass is 9.96. The van der Waals surface area contributed by atoms with Crippen molar-refractivity contribution in [1.29, 1.82) is 0 Å². The number of thiocarbonyl (C=S) groups is 1. The normalized spacial score (nSPS) is 17.9. The zero-order valence-electron chi connectivity index (χ0n) is 19.1. The molecule has 0 unspecified atom stereocenters. The largest absolute Gasteiger partial charge is 0.351 e. The topological polar surface area (TPSA) is 46.0 Å². The summed E-state index contributed by atoms with van der Waals surface area (Å²) in [5.41, 5.74) is 8.24. The molecule has 166 valence electrons. The van der Waals surface area contributed by atoms with Gasteiger partial charge in [0.25, 0.3) is 0 Å². The fourth-order valence-corrected chi connectivity index (χ4v) is 5.04. The smallest absolute Gasteiger partial charge is 0.174 e. The van der Waals surface area contributed by atoms with Crippen LogP contribution >= 0.6 is 12.2 Å². The first-order valence-corrected chi connectivity index (χ1v) is 11.6. The maximum absolute atomic E-state index is 5.87. The fraction of sp³-hybridized carbons (Fsp3) is 0.222. The maximum Gasteiger partial charge on any atom is 0.174 e. The Labute approximate surface area is 200 Å². The van der Waals surface area contributed by atoms with Crippen molar-refractivity contribution in [2.75, 3.05) is 4.90 Å². The molecule has 4 aromatic rings. The minimum Gasteiger partial charge on any atom is -0.351 e. The second kappa shape index (κ2) is 8.79. The fourth-order valence-electron chi connectivity index (χ4n) is 4.70. The number of nitrogens with zero attached hydrogens (tertiary/aromatic N) is 4. The highest BCUT2D eigenvalue weighted by molar-refractivity contribution is 7.80. The van der Waals surface area contributed by atoms with Gasteiger partial charge in [0.1, 0.15) is 0 Å². The molecule has 1 saturated heterocycles. The summed E-state index contributed by atoms with van der Waals surface area (Å²) in [5.74, 6) is 0. The molecule has 6 heteroatoms. The van der Waals surface area contributed by atoms with Gasteiger partial charge in [-0.05, 0) is 86.6 Å². The zero-order chi connectivity index (χ0) is 22.9. The van der Waals surface area contributed by atoms with Crippen LogP contribution in [0.1, 0.15) is 45.9 Å². The molecule has 0 bridgehead atoms. The van der Waals surface area contributed by atoms with Crippen molar-refractivity contribution in [3.8, 4) is 0 Å². The van der Waals surface area contributed by atoms with E-state index < -0.39 is 0 Å². The Morgan fingerprint density at radius 2 is 1.70 bits per heavy atom. The summed E-state index contributed by atoms with van der Waals surface area (Å²) in [6, 6.07) is 21.0. The van der Waals surface area contributed by atoms with Crippen LogP contribution in [0.15, 0.2) is 79.3 Å². The van der Waals surface area contributed by atoms with Gasteiger partial charge in [0.2, 0.25) is 0 Å². The van der Waals surface area contributed by atoms with Crippen molar-refractivity contribution in [3.63, 3.8) is 0 Å². The molecule has 33 heavy (non-hydrogen) atoms. The van der Waals surface area contributed by atoms with Crippen LogP contribution < -0.4 is 10.2 Å². The number of hydrogen-bond donors (Lipinski definition) is 1. The molecule has 1 fully saturated rings. The molecule has 3 aromatic heterocycles. The number of anilines is 1. The lowest BCUT2D eigenvalue weighted by Gasteiger charge is -2.28. The van der Waals surface area contributed by atoms with Gasteiger partial charge in [-0.2, -0.15) is 0 Å². The highest BCUT2D eigenvalue weighted by Crippen LogP contribution is 2.43. The summed E-state index contributed by atoms with van der Waals surface area (Å²) >= 11 is 5.87. The summed E-state index contributed by atoms with van der Waals surface area (Å²) in [4.78, 5) is 11.1. The lowest BCUT2D eigenvalue weighted by Crippen LogP contribution is -2.29. The number of pyridine rings is 2. The van der Waals surface area contributed by atoms with E-state index in [2.05, 4.69) is 94.1 Å². The first-order chi connectivity index (χ1) is 16.0. The molecule has 1 aliphatic heterocycles. The van der Waals surface area contributed by atoms with E-state index in [9.17, 15) is 0 Å². The van der Waals surface area contributed by atoms with E-state index in [0.29, 0.717) is 0 Å². The predicted molar refractivity (Wildman–Crippen MR) is 136 cm³/mol. The predicted octanol–water partition coefficient (Wildman–Crippen LogP) is 5.43. The Kier molecular flexibility index (Phi) is 5.68. The first kappa shape index (κ1) is 21.3. The molecule has 1 aromatic carbocycles. The van der Waals surface area contributed by atoms with E-state index in [-0.39, 0.29) is 12.1 Å². The molecule has 0 spiro atoms. The molecule has 4 heterocycles. The van der Waals surface area contributed by atoms with Gasteiger partial charge in [0, 0.05) is 42.2 Å². The van der Waals surface area contributed by atoms with Gasteiger partial charge < -0.3 is 14.8 Å². The van der Waals surface area contributed by atoms with E-state index >= 15 is 0 Å². The van der Waals surface area contributed by atoms with E-state index in [0.717, 1.165) is 23.0 Å². The van der Waals surface area contributed by atoms with Crippen LogP contribution in [-0.2, 0) is 6.54 Å². The third-order valence-electron chi connectivity index (χ3n) is 6.43. The summed E-state index contributed by atoms with van der Waals surface area (Å²) in [5, 5.41) is 4.29. The van der Waals surface area contributed by atoms with Gasteiger partial charge in [-0.3, -0.25) is 9.97 Å². The second-order valence-corrected chi connectivity index (χ2v) is 8.99. The van der Waals surface area contributed by atoms with Gasteiger partial charge in [-0.1, -0.05) is 23.8 Å². The summed E-state index contributed by atoms with van der Waals surface area (Å²) in [6.45, 7) is 7.28. The monoisotopic (exact) mass is 453 g/mol. The summed E-state index contributed by atoms with van der Waals surface area (Å²) in [6.07, 6.45) is 5.54. The molecule has 1 N–H and O–H groups in total. The van der Waals surface area contributed by atoms with Gasteiger partial charge in [-0.25, -0.2) is 0 Å². The molecular weight excluding hydrogens is 426 g/mol. The highest BCUT2D eigenvalue weighted by atomic mass is 32.1. The average Bonchev–Trinajstić information content (AvgIpc) is 3.32. The van der Waals surface area contributed by atoms with Crippen molar-refractivity contribution < 1.29 is 0 Å². The lowest BCUT2D eigenvalue weighted by molar-refractivity contribution is 0.563. The van der Waals surface area contributed by atoms with Gasteiger partial charge in [-0.15, -0.1) is 0 Å². The SMILES string of the molecule is Cc1ccc(N2C(=S)N[C@@H](c3ccccn3)[C@H]2c2cc(C)n(Cc3ccncc3)c2C)cc1. The summed E-state index contributed by atoms with van der Waals surface area (Å²) in [7, 11) is 0. The van der Waals surface area contributed by atoms with E-state index in [4.69, 9.17) is 12.2 Å². The number of nitrogens with one attached hydrogen (secondary N) is 1. The Hall–Kier alpha value is -3.51. The molecular formula is C27H27N5S. The van der Waals surface area contributed by atoms with E-state index in [1.165, 1.54) is 28.1 Å². The first-order valence-electron chi connectivity index (χ1n) is 11.2. The molecule has 0 saturated carbocycles. The molecule has 0 radical (unpaired) electrons. The van der Waals surface area contributed by atoms with Crippen LogP contribution in [0.25, 0.3) is 0 Å². The van der Waals surface area contributed by atoms with E-state index in [1.807, 2.05) is 30.7 Å². The third-order valence-corrected chi connectivity index (χ3v) is 6.75. The van der Waals surface area contributed by atoms with Gasteiger partial charge in [0.05, 0.1) is 17.8 Å². The van der Waals surface area contributed by atoms with Crippen LogP contribution in [0, 0.1) is 20.8 Å². The zero-order valence-corrected chi connectivity index (χ0v) is 19.9. The third kappa shape index (κ3) is 4.02. The standard InChI is InChI=1S/C27H27N5S/c1-18-7-9-22(10-8-18)32-26(25(30-27(32)33)24-6-4-5-13-29-24)23-16-19(2)31(20(23)3)17-21-11-14-28-15-12-21/h4-16,25-26H,17H2,1-3H3,(H,30,33)/t25-,26+/m0/s1. The molecule has 0 amide bonds. The average molecular weight is 454 g/mol. The molecule has 5 nitrogen and oxygen atoms in total. The molecule has 2 atom stereocenters. The number of aromatic nitrogens is 3. The number of hydrogen-bond acceptors (Lipinski definition) is 3. The van der Waals surface area contributed by atoms with Crippen LogP contribution in [-0.4, -0.2) is 19.6 Å². The number of aryl methyl sites for hydroxylation is 2. The summed E-state index contributed by atoms with van der Waals surface area (Å²) < 4.78 is 2.37. The quantitative estimate of drug-likeness (QED) is 0.408. The van der Waals surface area contributed by atoms with Crippen molar-refractivity contribution in [3.05, 3.63) is 113 Å². The molecule has 0 aliphatic carbocycles. The van der Waals surface area contributed by atoms with Crippen LogP contribution in [0.2, 0.25) is 0 Å². The Balaban J connectivity index is 1.62. The van der Waals surface area contributed by atoms with Crippen LogP contribution in [0.4, 0.5) is 5.69 Å². The Bertz CT molecular complexity index is 1270. The maximum atomic E-state index is 5.87. The Morgan fingerprint density at radius 3 is 2.39 bits per heavy atom. The van der Waals surface area contributed by atoms with Crippen molar-refractivity contribution in [2.24, 2.45) is 0 Å². The second-order valence-electron chi connectivity index (χ2n) is 8.60. The molecule has 1 aliphatic rings. The van der Waals surface area contributed by atoms with Crippen molar-refractivity contribution in [1.82, 2.24) is 19.9 Å². The van der Waals surface area contributed by atoms with Crippen molar-refractivity contribution >= 4 is 23.0 Å². The van der Waals surface area contributed by atoms with Gasteiger partial charge in [0.15, 0.2) is 5.11 Å². The van der Waals surface area contributed by atoms with Crippen molar-refractivity contribution in [2.45, 2.75) is 39.4 Å². The van der Waals surface area contributed by atoms with Crippen LogP contribution in [0.3, 0.4) is 0 Å². The number of benzene rings is 1. The minimum atomic E-state index is -0.0464. The van der Waals surface area contributed by atoms with Gasteiger partial charge >= 0.3 is 0 Å². The highest BCUT2D eigenvalue weighted by Gasteiger charge is 2.42. The molecule has 5 rings (SSSR count). The van der Waals surface area contributed by atoms with Crippen LogP contribution in [0.5, 0.6) is 0 Å². The number of rotatable bonds is 5. The minimum absolute atomic E-state index is 0.00695. The Morgan fingerprint density at radius 1 is 0.939 bits per heavy atom.